The van der Waals surface area contributed by atoms with Crippen LogP contribution in [0.25, 0.3) is 5.76 Å². The molecule has 1 unspecified atom stereocenters. The molecule has 7 N–H and O–H groups in total. The third kappa shape index (κ3) is 3.93. The van der Waals surface area contributed by atoms with Gasteiger partial charge in [0, 0.05) is 17.1 Å². The number of nitrogens with zero attached hydrogens (tertiary/aromatic N) is 1. The van der Waals surface area contributed by atoms with Gasteiger partial charge in [-0.05, 0) is 57.0 Å². The van der Waals surface area contributed by atoms with E-state index in [2.05, 4.69) is 0 Å². The number of ketones is 2. The van der Waals surface area contributed by atoms with Crippen LogP contribution < -0.4 is 5.73 Å². The molecule has 0 spiro atoms. The molecule has 0 bridgehead atoms. The molecule has 1 saturated carbocycles. The number of carbonyl (C=O) groups is 3. The average Bonchev–Trinajstić information content (AvgIpc) is 2.81. The lowest BCUT2D eigenvalue weighted by atomic mass is 9.57. The van der Waals surface area contributed by atoms with Crippen LogP contribution >= 0.6 is 0 Å². The first kappa shape index (κ1) is 26.8. The highest BCUT2D eigenvalue weighted by molar-refractivity contribution is 6.24. The van der Waals surface area contributed by atoms with E-state index in [9.17, 15) is 39.9 Å². The van der Waals surface area contributed by atoms with Gasteiger partial charge in [0.2, 0.25) is 5.78 Å². The van der Waals surface area contributed by atoms with Crippen molar-refractivity contribution in [3.63, 3.8) is 0 Å². The van der Waals surface area contributed by atoms with Gasteiger partial charge in [0.25, 0.3) is 5.91 Å². The topological polar surface area (TPSA) is 191 Å². The number of aromatic hydroxyl groups is 1. The van der Waals surface area contributed by atoms with Crippen molar-refractivity contribution in [1.29, 1.82) is 0 Å². The number of primary amides is 1. The second-order valence-electron chi connectivity index (χ2n) is 10.1. The molecule has 1 aromatic rings. The van der Waals surface area contributed by atoms with Gasteiger partial charge in [-0.25, -0.2) is 0 Å². The molecule has 5 atom stereocenters. The van der Waals surface area contributed by atoms with E-state index < -0.39 is 64.3 Å². The van der Waals surface area contributed by atoms with Crippen LogP contribution in [0.5, 0.6) is 5.75 Å². The molecule has 1 amide bonds. The lowest BCUT2D eigenvalue weighted by Gasteiger charge is -2.50. The van der Waals surface area contributed by atoms with Gasteiger partial charge in [0.15, 0.2) is 17.7 Å². The Hall–Kier alpha value is -3.25. The number of aliphatic hydroxyl groups is 4. The number of carbonyl (C=O) groups excluding carboxylic acids is 3. The number of fused-ring (bicyclic) bond motifs is 3. The van der Waals surface area contributed by atoms with Crippen LogP contribution in [0, 0.1) is 11.8 Å². The quantitative estimate of drug-likeness (QED) is 0.171. The number of rotatable bonds is 7. The van der Waals surface area contributed by atoms with E-state index in [-0.39, 0.29) is 36.3 Å². The van der Waals surface area contributed by atoms with E-state index in [1.165, 1.54) is 31.1 Å². The maximum atomic E-state index is 13.8. The highest BCUT2D eigenvalue weighted by atomic mass is 16.6. The maximum Gasteiger partial charge on any atom is 0.255 e. The van der Waals surface area contributed by atoms with Crippen molar-refractivity contribution in [3.8, 4) is 5.75 Å². The van der Waals surface area contributed by atoms with Gasteiger partial charge in [-0.15, -0.1) is 0 Å². The van der Waals surface area contributed by atoms with E-state index in [4.69, 9.17) is 10.5 Å². The fourth-order valence-electron chi connectivity index (χ4n) is 5.93. The summed E-state index contributed by atoms with van der Waals surface area (Å²) in [7, 11) is 3.07. The minimum Gasteiger partial charge on any atom is -0.508 e. The first-order valence-electron chi connectivity index (χ1n) is 12.2. The number of ether oxygens (including phenoxy) is 1. The number of phenolic OH excluding ortho intramolecular Hbond substituents is 1. The van der Waals surface area contributed by atoms with Gasteiger partial charge >= 0.3 is 0 Å². The molecule has 37 heavy (non-hydrogen) atoms. The fraction of sp³-hybridized carbons (Fsp3) is 0.500. The van der Waals surface area contributed by atoms with Crippen molar-refractivity contribution in [1.82, 2.24) is 4.90 Å². The van der Waals surface area contributed by atoms with E-state index in [1.807, 2.05) is 6.92 Å². The summed E-state index contributed by atoms with van der Waals surface area (Å²) in [5.74, 6) is -7.20. The van der Waals surface area contributed by atoms with Crippen LogP contribution in [0.1, 0.15) is 49.2 Å². The number of hydrogen-bond acceptors (Lipinski definition) is 10. The number of benzene rings is 1. The van der Waals surface area contributed by atoms with Crippen molar-refractivity contribution in [2.75, 3.05) is 20.7 Å². The second-order valence-corrected chi connectivity index (χ2v) is 10.1. The maximum absolute atomic E-state index is 13.8. The minimum absolute atomic E-state index is 0.0341. The number of phenols is 1. The summed E-state index contributed by atoms with van der Waals surface area (Å²) in [6, 6.07) is 1.57. The third-order valence-electron chi connectivity index (χ3n) is 7.68. The number of aliphatic hydroxyl groups excluding tert-OH is 3. The molecular formula is C26H32N2O9. The Balaban J connectivity index is 1.89. The Kier molecular flexibility index (Phi) is 6.93. The number of Topliss-reactive ketones (excluding diaryl/α,β-unsaturated/α-hetero) is 2. The molecule has 0 saturated heterocycles. The Morgan fingerprint density at radius 3 is 2.51 bits per heavy atom. The lowest BCUT2D eigenvalue weighted by Crippen LogP contribution is -2.65. The summed E-state index contributed by atoms with van der Waals surface area (Å²) in [6.07, 6.45) is 0.267. The average molecular weight is 517 g/mol. The standard InChI is InChI=1S/C26H32N2O9/c1-4-5-8-37-25(35)12-6-7-15(29)17-13(12)9-11-10-14-19(28(2)3)21(31)18(24(27)34)23(33)26(14,36)22(32)16(11)20(17)30/h6-7,11,14,19,25,29-30,33,35-36H,4-5,8-10H2,1-3H3,(H2,27,34)/t11-,14-,19-,25?,26-/m0/s1. The normalized spacial score (nSPS) is 28.2. The van der Waals surface area contributed by atoms with Crippen LogP contribution in [-0.2, 0) is 25.5 Å². The SMILES string of the molecule is CCCCOC(O)c1ccc(O)c2c1C[C@H]1C[C@H]3[C@H](N(C)C)C(=O)C(C(N)=O)=C(O)[C@@]3(O)C(=O)C1=C2O. The molecule has 11 heteroatoms. The summed E-state index contributed by atoms with van der Waals surface area (Å²) >= 11 is 0. The van der Waals surface area contributed by atoms with Gasteiger partial charge in [-0.1, -0.05) is 13.3 Å². The van der Waals surface area contributed by atoms with Crippen LogP contribution in [-0.4, -0.2) is 80.3 Å². The van der Waals surface area contributed by atoms with Gasteiger partial charge in [0.1, 0.15) is 22.8 Å². The fourth-order valence-corrected chi connectivity index (χ4v) is 5.93. The Morgan fingerprint density at radius 2 is 1.92 bits per heavy atom. The molecule has 1 aromatic carbocycles. The molecule has 4 rings (SSSR count). The monoisotopic (exact) mass is 516 g/mol. The van der Waals surface area contributed by atoms with E-state index in [1.54, 1.807) is 0 Å². The summed E-state index contributed by atoms with van der Waals surface area (Å²) in [6.45, 7) is 2.26. The Morgan fingerprint density at radius 1 is 1.24 bits per heavy atom. The first-order chi connectivity index (χ1) is 17.4. The molecule has 1 fully saturated rings. The summed E-state index contributed by atoms with van der Waals surface area (Å²) in [5.41, 5.74) is 2.10. The molecule has 11 nitrogen and oxygen atoms in total. The molecular weight excluding hydrogens is 484 g/mol. The van der Waals surface area contributed by atoms with Gasteiger partial charge < -0.3 is 36.0 Å². The smallest absolute Gasteiger partial charge is 0.255 e. The lowest BCUT2D eigenvalue weighted by molar-refractivity contribution is -0.153. The van der Waals surface area contributed by atoms with E-state index in [0.717, 1.165) is 6.42 Å². The van der Waals surface area contributed by atoms with Crippen LogP contribution in [0.4, 0.5) is 0 Å². The Labute approximate surface area is 213 Å². The molecule has 0 heterocycles. The summed E-state index contributed by atoms with van der Waals surface area (Å²) < 4.78 is 5.51. The predicted molar refractivity (Wildman–Crippen MR) is 130 cm³/mol. The van der Waals surface area contributed by atoms with Crippen molar-refractivity contribution < 1.29 is 44.7 Å². The number of nitrogens with two attached hydrogens (primary N) is 1. The first-order valence-corrected chi connectivity index (χ1v) is 12.2. The van der Waals surface area contributed by atoms with E-state index >= 15 is 0 Å². The second kappa shape index (κ2) is 9.56. The van der Waals surface area contributed by atoms with Crippen molar-refractivity contribution in [2.45, 2.75) is 50.5 Å². The number of likely N-dealkylation sites (N-methyl/N-ethyl adjacent to an activating group) is 1. The largest absolute Gasteiger partial charge is 0.508 e. The number of amides is 1. The van der Waals surface area contributed by atoms with Crippen molar-refractivity contribution in [2.24, 2.45) is 17.6 Å². The zero-order valence-corrected chi connectivity index (χ0v) is 20.9. The zero-order chi connectivity index (χ0) is 27.4. The van der Waals surface area contributed by atoms with Crippen LogP contribution in [0.15, 0.2) is 29.0 Å². The molecule has 3 aliphatic rings. The Bertz CT molecular complexity index is 1230. The van der Waals surface area contributed by atoms with Gasteiger partial charge in [-0.3, -0.25) is 19.3 Å². The highest BCUT2D eigenvalue weighted by Crippen LogP contribution is 2.53. The van der Waals surface area contributed by atoms with Gasteiger partial charge in [0.05, 0.1) is 18.2 Å². The highest BCUT2D eigenvalue weighted by Gasteiger charge is 2.64. The van der Waals surface area contributed by atoms with Gasteiger partial charge in [-0.2, -0.15) is 0 Å². The number of unbranched alkanes of at least 4 members (excludes halogenated alkanes) is 1. The van der Waals surface area contributed by atoms with Crippen LogP contribution in [0.2, 0.25) is 0 Å². The van der Waals surface area contributed by atoms with Crippen molar-refractivity contribution >= 4 is 23.2 Å². The third-order valence-corrected chi connectivity index (χ3v) is 7.68. The summed E-state index contributed by atoms with van der Waals surface area (Å²) in [4.78, 5) is 40.4. The molecule has 0 radical (unpaired) electrons. The number of hydrogen-bond donors (Lipinski definition) is 6. The summed E-state index contributed by atoms with van der Waals surface area (Å²) in [5, 5.41) is 54.9. The molecule has 0 aliphatic heterocycles. The molecule has 200 valence electrons. The van der Waals surface area contributed by atoms with Crippen molar-refractivity contribution in [3.05, 3.63) is 45.7 Å². The predicted octanol–water partition coefficient (Wildman–Crippen LogP) is 0.772. The van der Waals surface area contributed by atoms with E-state index in [0.29, 0.717) is 17.5 Å². The minimum atomic E-state index is -2.69. The molecule has 0 aromatic heterocycles. The molecule has 3 aliphatic carbocycles. The zero-order valence-electron chi connectivity index (χ0n) is 20.9. The van der Waals surface area contributed by atoms with Crippen LogP contribution in [0.3, 0.4) is 0 Å².